The average Bonchev–Trinajstić information content (AvgIpc) is 2.50. The highest BCUT2D eigenvalue weighted by atomic mass is 16.2. The molecule has 2 amide bonds. The number of amides is 2. The number of carbonyl (C=O) groups is 1. The van der Waals surface area contributed by atoms with E-state index in [-0.39, 0.29) is 6.03 Å². The summed E-state index contributed by atoms with van der Waals surface area (Å²) in [4.78, 5) is 12.2. The van der Waals surface area contributed by atoms with E-state index in [1.54, 1.807) is 0 Å². The second-order valence-corrected chi connectivity index (χ2v) is 5.77. The van der Waals surface area contributed by atoms with Gasteiger partial charge in [-0.15, -0.1) is 0 Å². The lowest BCUT2D eigenvalue weighted by atomic mass is 9.97. The van der Waals surface area contributed by atoms with E-state index in [9.17, 15) is 4.79 Å². The summed E-state index contributed by atoms with van der Waals surface area (Å²) in [5, 5.41) is 5.85. The smallest absolute Gasteiger partial charge is 0.308 e. The summed E-state index contributed by atoms with van der Waals surface area (Å²) in [7, 11) is 0. The molecule has 2 aromatic carbocycles. The molecule has 0 aromatic heterocycles. The molecular weight excluding hydrogens is 272 g/mol. The fraction of sp³-hybridized carbons (Fsp3) is 0.316. The predicted molar refractivity (Wildman–Crippen MR) is 93.7 cm³/mol. The summed E-state index contributed by atoms with van der Waals surface area (Å²) in [6.07, 6.45) is 1.04. The van der Waals surface area contributed by atoms with Crippen molar-refractivity contribution in [2.75, 3.05) is 10.6 Å². The van der Waals surface area contributed by atoms with Crippen LogP contribution in [0.15, 0.2) is 42.5 Å². The number of urea groups is 1. The summed E-state index contributed by atoms with van der Waals surface area (Å²) in [5.41, 5.74) is 5.23. The van der Waals surface area contributed by atoms with Crippen molar-refractivity contribution in [3.8, 4) is 0 Å². The van der Waals surface area contributed by atoms with Gasteiger partial charge in [-0.05, 0) is 61.1 Å². The van der Waals surface area contributed by atoms with E-state index in [0.29, 0.717) is 5.92 Å². The molecule has 3 heteroatoms. The van der Waals surface area contributed by atoms with Crippen LogP contribution >= 0.6 is 0 Å². The third-order valence-electron chi connectivity index (χ3n) is 4.12. The second kappa shape index (κ2) is 7.12. The molecule has 3 nitrogen and oxygen atoms in total. The number of nitrogens with one attached hydrogen (secondary N) is 2. The molecule has 0 saturated heterocycles. The molecule has 0 radical (unpaired) electrons. The highest BCUT2D eigenvalue weighted by Crippen LogP contribution is 2.26. The second-order valence-electron chi connectivity index (χ2n) is 5.77. The van der Waals surface area contributed by atoms with Gasteiger partial charge < -0.3 is 10.6 Å². The molecular formula is C19H24N2O. The van der Waals surface area contributed by atoms with E-state index >= 15 is 0 Å². The monoisotopic (exact) mass is 296 g/mol. The number of aryl methyl sites for hydroxylation is 2. The number of hydrogen-bond donors (Lipinski definition) is 2. The van der Waals surface area contributed by atoms with E-state index in [1.807, 2.05) is 43.3 Å². The van der Waals surface area contributed by atoms with Gasteiger partial charge in [0.1, 0.15) is 0 Å². The molecule has 2 aromatic rings. The maximum Gasteiger partial charge on any atom is 0.323 e. The van der Waals surface area contributed by atoms with Crippen LogP contribution in [0.1, 0.15) is 42.9 Å². The van der Waals surface area contributed by atoms with E-state index in [4.69, 9.17) is 0 Å². The molecule has 22 heavy (non-hydrogen) atoms. The van der Waals surface area contributed by atoms with Crippen LogP contribution in [0.25, 0.3) is 0 Å². The Morgan fingerprint density at radius 3 is 2.45 bits per heavy atom. The van der Waals surface area contributed by atoms with Crippen LogP contribution in [0.3, 0.4) is 0 Å². The molecule has 0 aliphatic carbocycles. The van der Waals surface area contributed by atoms with Gasteiger partial charge in [-0.25, -0.2) is 4.79 Å². The molecule has 2 rings (SSSR count). The summed E-state index contributed by atoms with van der Waals surface area (Å²) >= 11 is 0. The van der Waals surface area contributed by atoms with E-state index in [0.717, 1.165) is 23.4 Å². The lowest BCUT2D eigenvalue weighted by molar-refractivity contribution is 0.262. The largest absolute Gasteiger partial charge is 0.323 e. The molecule has 0 fully saturated rings. The molecule has 2 N–H and O–H groups in total. The number of rotatable bonds is 4. The van der Waals surface area contributed by atoms with Crippen molar-refractivity contribution < 1.29 is 4.79 Å². The first-order valence-electron chi connectivity index (χ1n) is 7.75. The van der Waals surface area contributed by atoms with Gasteiger partial charge in [0, 0.05) is 11.4 Å². The third-order valence-corrected chi connectivity index (χ3v) is 4.12. The van der Waals surface area contributed by atoms with Crippen molar-refractivity contribution in [1.82, 2.24) is 0 Å². The SMILES string of the molecule is CCC(C)c1ccccc1NC(=O)Nc1ccc(C)c(C)c1. The Balaban J connectivity index is 2.10. The Morgan fingerprint density at radius 2 is 1.77 bits per heavy atom. The Kier molecular flexibility index (Phi) is 5.21. The topological polar surface area (TPSA) is 41.1 Å². The normalized spacial score (nSPS) is 11.8. The lowest BCUT2D eigenvalue weighted by Gasteiger charge is -2.16. The van der Waals surface area contributed by atoms with Gasteiger partial charge in [-0.2, -0.15) is 0 Å². The lowest BCUT2D eigenvalue weighted by Crippen LogP contribution is -2.20. The van der Waals surface area contributed by atoms with Gasteiger partial charge in [0.15, 0.2) is 0 Å². The molecule has 0 spiro atoms. The average molecular weight is 296 g/mol. The number of anilines is 2. The first-order chi connectivity index (χ1) is 10.5. The van der Waals surface area contributed by atoms with Gasteiger partial charge in [0.25, 0.3) is 0 Å². The predicted octanol–water partition coefficient (Wildman–Crippen LogP) is 5.46. The summed E-state index contributed by atoms with van der Waals surface area (Å²) < 4.78 is 0. The Bertz CT molecular complexity index is 664. The maximum absolute atomic E-state index is 12.2. The van der Waals surface area contributed by atoms with Gasteiger partial charge >= 0.3 is 6.03 Å². The van der Waals surface area contributed by atoms with Crippen LogP contribution in [0.5, 0.6) is 0 Å². The summed E-state index contributed by atoms with van der Waals surface area (Å²) in [6.45, 7) is 8.41. The number of hydrogen-bond acceptors (Lipinski definition) is 1. The van der Waals surface area contributed by atoms with Crippen molar-refractivity contribution in [2.45, 2.75) is 40.0 Å². The van der Waals surface area contributed by atoms with Crippen molar-refractivity contribution >= 4 is 17.4 Å². The Labute approximate surface area is 132 Å². The van der Waals surface area contributed by atoms with Crippen molar-refractivity contribution in [2.24, 2.45) is 0 Å². The minimum Gasteiger partial charge on any atom is -0.308 e. The standard InChI is InChI=1S/C19H24N2O/c1-5-13(2)17-8-6-7-9-18(17)21-19(22)20-16-11-10-14(3)15(4)12-16/h6-13H,5H2,1-4H3,(H2,20,21,22). The van der Waals surface area contributed by atoms with Crippen LogP contribution < -0.4 is 10.6 Å². The number of para-hydroxylation sites is 1. The summed E-state index contributed by atoms with van der Waals surface area (Å²) in [6, 6.07) is 13.7. The quantitative estimate of drug-likeness (QED) is 0.772. The van der Waals surface area contributed by atoms with Crippen LogP contribution in [0, 0.1) is 13.8 Å². The molecule has 0 aliphatic rings. The number of benzene rings is 2. The molecule has 0 aliphatic heterocycles. The maximum atomic E-state index is 12.2. The Hall–Kier alpha value is -2.29. The third kappa shape index (κ3) is 3.88. The van der Waals surface area contributed by atoms with Gasteiger partial charge in [0.05, 0.1) is 0 Å². The fourth-order valence-electron chi connectivity index (χ4n) is 2.36. The van der Waals surface area contributed by atoms with E-state index < -0.39 is 0 Å². The number of carbonyl (C=O) groups excluding carboxylic acids is 1. The van der Waals surface area contributed by atoms with Crippen LogP contribution in [-0.4, -0.2) is 6.03 Å². The molecule has 0 bridgehead atoms. The van der Waals surface area contributed by atoms with Crippen molar-refractivity contribution in [3.05, 3.63) is 59.2 Å². The Morgan fingerprint density at radius 1 is 1.05 bits per heavy atom. The van der Waals surface area contributed by atoms with Crippen LogP contribution in [-0.2, 0) is 0 Å². The fourth-order valence-corrected chi connectivity index (χ4v) is 2.36. The first kappa shape index (κ1) is 16.1. The first-order valence-corrected chi connectivity index (χ1v) is 7.75. The van der Waals surface area contributed by atoms with E-state index in [2.05, 4.69) is 37.5 Å². The molecule has 0 heterocycles. The van der Waals surface area contributed by atoms with Crippen LogP contribution in [0.2, 0.25) is 0 Å². The molecule has 116 valence electrons. The van der Waals surface area contributed by atoms with E-state index in [1.165, 1.54) is 11.1 Å². The highest BCUT2D eigenvalue weighted by molar-refractivity contribution is 6.00. The zero-order valence-corrected chi connectivity index (χ0v) is 13.7. The van der Waals surface area contributed by atoms with Gasteiger partial charge in [-0.3, -0.25) is 0 Å². The van der Waals surface area contributed by atoms with Gasteiger partial charge in [0.2, 0.25) is 0 Å². The van der Waals surface area contributed by atoms with Crippen LogP contribution in [0.4, 0.5) is 16.2 Å². The van der Waals surface area contributed by atoms with Crippen molar-refractivity contribution in [3.63, 3.8) is 0 Å². The molecule has 1 unspecified atom stereocenters. The highest BCUT2D eigenvalue weighted by Gasteiger charge is 2.11. The zero-order chi connectivity index (χ0) is 16.1. The zero-order valence-electron chi connectivity index (χ0n) is 13.7. The van der Waals surface area contributed by atoms with Gasteiger partial charge in [-0.1, -0.05) is 38.1 Å². The molecule has 0 saturated carbocycles. The van der Waals surface area contributed by atoms with Crippen molar-refractivity contribution in [1.29, 1.82) is 0 Å². The minimum absolute atomic E-state index is 0.209. The molecule has 1 atom stereocenters. The minimum atomic E-state index is -0.209. The summed E-state index contributed by atoms with van der Waals surface area (Å²) in [5.74, 6) is 0.415.